The summed E-state index contributed by atoms with van der Waals surface area (Å²) in [6, 6.07) is 0. The maximum Gasteiger partial charge on any atom is 0 e. The second kappa shape index (κ2) is 29.9. The van der Waals surface area contributed by atoms with Gasteiger partial charge in [0.15, 0.2) is 17.4 Å². The Morgan fingerprint density at radius 2 is 1.00 bits per heavy atom. The van der Waals surface area contributed by atoms with Crippen LogP contribution in [0, 0.1) is 0 Å². The van der Waals surface area contributed by atoms with E-state index < -0.39 is 0 Å². The molecule has 33 valence electrons. The largest absolute Gasteiger partial charge is 0 e. The van der Waals surface area contributed by atoms with Gasteiger partial charge in [-0.15, -0.1) is 0 Å². The van der Waals surface area contributed by atoms with Crippen molar-refractivity contribution >= 4 is 52.2 Å². The van der Waals surface area contributed by atoms with E-state index in [-0.39, 0.29) is 88.8 Å². The molecule has 0 heterocycles. The molecule has 0 rings (SSSR count). The van der Waals surface area contributed by atoms with Gasteiger partial charge in [-0.1, -0.05) is 0 Å². The number of rotatable bonds is 0. The minimum absolute atomic E-state index is 0. The summed E-state index contributed by atoms with van der Waals surface area (Å²) in [7, 11) is 0. The molecule has 0 unspecified atom stereocenters. The summed E-state index contributed by atoms with van der Waals surface area (Å²) in [6.45, 7) is 0. The van der Waals surface area contributed by atoms with E-state index in [0.717, 1.165) is 0 Å². The van der Waals surface area contributed by atoms with E-state index in [4.69, 9.17) is 0 Å². The predicted octanol–water partition coefficient (Wildman–Crippen LogP) is -3.56. The first-order valence-corrected chi connectivity index (χ1v) is 0. The third kappa shape index (κ3) is 20.3. The second-order valence-corrected chi connectivity index (χ2v) is 0. The van der Waals surface area contributed by atoms with Crippen LogP contribution in [-0.4, -0.2) is 52.2 Å². The fourth-order valence-electron chi connectivity index (χ4n) is 0. The molecular formula is H9AlCuSiSnZn. The van der Waals surface area contributed by atoms with Gasteiger partial charge < -0.3 is 0 Å². The summed E-state index contributed by atoms with van der Waals surface area (Å²) in [4.78, 5) is 0. The Labute approximate surface area is 87.6 Å². The summed E-state index contributed by atoms with van der Waals surface area (Å²) in [5, 5.41) is 0. The van der Waals surface area contributed by atoms with E-state index in [2.05, 4.69) is 0 Å². The molecule has 0 aliphatic heterocycles. The fourth-order valence-corrected chi connectivity index (χ4v) is 0. The van der Waals surface area contributed by atoms with Crippen LogP contribution in [-0.2, 0) is 36.5 Å². The van der Waals surface area contributed by atoms with Crippen molar-refractivity contribution in [2.45, 2.75) is 0 Å². The molecule has 0 atom stereocenters. The van der Waals surface area contributed by atoms with Crippen molar-refractivity contribution in [3.8, 4) is 0 Å². The second-order valence-electron chi connectivity index (χ2n) is 0. The van der Waals surface area contributed by atoms with Gasteiger partial charge in [0.1, 0.15) is 0 Å². The van der Waals surface area contributed by atoms with E-state index in [1.54, 1.807) is 0 Å². The monoisotopic (exact) mass is 311 g/mol. The molecule has 0 amide bonds. The molecule has 5 heavy (non-hydrogen) atoms. The minimum atomic E-state index is 0. The molecule has 0 saturated carbocycles. The minimum Gasteiger partial charge on any atom is 0 e. The van der Waals surface area contributed by atoms with Crippen molar-refractivity contribution in [3.63, 3.8) is 0 Å². The summed E-state index contributed by atoms with van der Waals surface area (Å²) in [6.07, 6.45) is 0. The van der Waals surface area contributed by atoms with Crippen LogP contribution in [0.15, 0.2) is 0 Å². The summed E-state index contributed by atoms with van der Waals surface area (Å²) in [5.41, 5.74) is 0. The molecular weight excluding hydrogens is 303 g/mol. The van der Waals surface area contributed by atoms with E-state index >= 15 is 0 Å². The first-order valence-electron chi connectivity index (χ1n) is 0. The molecule has 5 heteroatoms. The standard InChI is InChI=1S/Al.Cu.H4Si.Sn.Zn.5H/h;;1H4;;;;;;;. The third-order valence-corrected chi connectivity index (χ3v) is 0. The van der Waals surface area contributed by atoms with Crippen molar-refractivity contribution in [1.29, 1.82) is 0 Å². The fraction of sp³-hybridized carbons (Fsp3) is 0. The van der Waals surface area contributed by atoms with Crippen molar-refractivity contribution in [1.82, 2.24) is 0 Å². The number of hydrogen-bond donors (Lipinski definition) is 0. The van der Waals surface area contributed by atoms with Gasteiger partial charge in [0.25, 0.3) is 0 Å². The number of hydrogen-bond acceptors (Lipinski definition) is 0. The van der Waals surface area contributed by atoms with Gasteiger partial charge in [-0.3, -0.25) is 0 Å². The Bertz CT molecular complexity index is 11.6. The quantitative estimate of drug-likeness (QED) is 0.406. The maximum atomic E-state index is 0. The van der Waals surface area contributed by atoms with E-state index in [0.29, 0.717) is 0 Å². The van der Waals surface area contributed by atoms with Crippen molar-refractivity contribution in [2.75, 3.05) is 0 Å². The van der Waals surface area contributed by atoms with Crippen LogP contribution in [0.25, 0.3) is 0 Å². The first kappa shape index (κ1) is 47.5. The molecule has 0 aliphatic carbocycles. The van der Waals surface area contributed by atoms with Gasteiger partial charge in [0.05, 0.1) is 0 Å². The smallest absolute Gasteiger partial charge is 0 e. The van der Waals surface area contributed by atoms with Gasteiger partial charge in [0.2, 0.25) is 0 Å². The average molecular weight is 312 g/mol. The van der Waals surface area contributed by atoms with Gasteiger partial charge >= 0.3 is 23.9 Å². The van der Waals surface area contributed by atoms with Crippen LogP contribution in [0.4, 0.5) is 0 Å². The Balaban J connectivity index is 0. The van der Waals surface area contributed by atoms with Gasteiger partial charge in [-0.25, -0.2) is 0 Å². The molecule has 0 aromatic rings. The zero-order chi connectivity index (χ0) is 0. The zero-order valence-corrected chi connectivity index (χ0v) is 9.66. The predicted molar refractivity (Wildman–Crippen MR) is 29.8 cm³/mol. The van der Waals surface area contributed by atoms with Crippen molar-refractivity contribution in [2.24, 2.45) is 0 Å². The van der Waals surface area contributed by atoms with Gasteiger partial charge in [0, 0.05) is 36.5 Å². The molecule has 0 fully saturated rings. The van der Waals surface area contributed by atoms with Crippen LogP contribution in [0.5, 0.6) is 0 Å². The molecule has 3 radical (unpaired) electrons. The van der Waals surface area contributed by atoms with Crippen molar-refractivity contribution < 1.29 is 36.5 Å². The summed E-state index contributed by atoms with van der Waals surface area (Å²) in [5.74, 6) is 0. The van der Waals surface area contributed by atoms with Crippen molar-refractivity contribution in [3.05, 3.63) is 0 Å². The summed E-state index contributed by atoms with van der Waals surface area (Å²) >= 11 is 0. The van der Waals surface area contributed by atoms with Gasteiger partial charge in [-0.2, -0.15) is 0 Å². The van der Waals surface area contributed by atoms with Crippen LogP contribution < -0.4 is 0 Å². The topological polar surface area (TPSA) is 0 Å². The SMILES string of the molecule is [AlH3].[Cu].[SiH4].[SnH2].[Zn]. The van der Waals surface area contributed by atoms with E-state index in [9.17, 15) is 0 Å². The van der Waals surface area contributed by atoms with Crippen LogP contribution in [0.1, 0.15) is 0 Å². The van der Waals surface area contributed by atoms with Crippen LogP contribution in [0.3, 0.4) is 0 Å². The first-order chi connectivity index (χ1) is 0. The normalized spacial score (nSPS) is 0. The molecule has 0 spiro atoms. The average Bonchev–Trinajstić information content (AvgIpc) is 0. The maximum absolute atomic E-state index is 0. The Morgan fingerprint density at radius 1 is 1.00 bits per heavy atom. The van der Waals surface area contributed by atoms with E-state index in [1.165, 1.54) is 0 Å². The Morgan fingerprint density at radius 3 is 1.00 bits per heavy atom. The molecule has 0 nitrogen and oxygen atoms in total. The molecule has 0 aromatic heterocycles. The third-order valence-electron chi connectivity index (χ3n) is 0. The zero-order valence-electron chi connectivity index (χ0n) is 1.72. The Kier molecular flexibility index (Phi) is 285. The Hall–Kier alpha value is 2.69. The van der Waals surface area contributed by atoms with Crippen LogP contribution in [0.2, 0.25) is 0 Å². The molecule has 0 N–H and O–H groups in total. The molecule has 0 aliphatic rings. The molecule has 0 aromatic carbocycles. The van der Waals surface area contributed by atoms with Crippen LogP contribution >= 0.6 is 0 Å². The van der Waals surface area contributed by atoms with E-state index in [1.807, 2.05) is 0 Å². The van der Waals surface area contributed by atoms with Gasteiger partial charge in [-0.05, 0) is 11.0 Å². The summed E-state index contributed by atoms with van der Waals surface area (Å²) < 4.78 is 0. The molecule has 0 bridgehead atoms. The molecule has 0 saturated heterocycles.